The monoisotopic (exact) mass is 280 g/mol. The van der Waals surface area contributed by atoms with Gasteiger partial charge in [0.05, 0.1) is 6.21 Å². The number of nitrogens with one attached hydrogen (secondary N) is 1. The van der Waals surface area contributed by atoms with E-state index < -0.39 is 0 Å². The van der Waals surface area contributed by atoms with Gasteiger partial charge >= 0.3 is 0 Å². The summed E-state index contributed by atoms with van der Waals surface area (Å²) >= 11 is 1.67. The van der Waals surface area contributed by atoms with Crippen LogP contribution in [-0.4, -0.2) is 12.1 Å². The molecule has 1 aromatic heterocycles. The fourth-order valence-corrected chi connectivity index (χ4v) is 2.56. The smallest absolute Gasteiger partial charge is 0.240 e. The molecule has 0 aliphatic rings. The van der Waals surface area contributed by atoms with E-state index in [4.69, 9.17) is 0 Å². The molecule has 1 aromatic rings. The molecular formula is C15H24N2OS. The van der Waals surface area contributed by atoms with Gasteiger partial charge in [-0.3, -0.25) is 4.79 Å². The molecule has 0 atom stereocenters. The molecular weight excluding hydrogens is 256 g/mol. The molecule has 0 unspecified atom stereocenters. The van der Waals surface area contributed by atoms with E-state index in [0.29, 0.717) is 6.42 Å². The molecule has 0 saturated carbocycles. The Balaban J connectivity index is 2.06. The lowest BCUT2D eigenvalue weighted by Crippen LogP contribution is -2.16. The summed E-state index contributed by atoms with van der Waals surface area (Å²) in [7, 11) is 0. The summed E-state index contributed by atoms with van der Waals surface area (Å²) in [4.78, 5) is 13.8. The second-order valence-corrected chi connectivity index (χ2v) is 6.08. The van der Waals surface area contributed by atoms with Gasteiger partial charge in [-0.15, -0.1) is 11.3 Å². The average molecular weight is 280 g/mol. The number of amides is 1. The number of hydrogen-bond donors (Lipinski definition) is 1. The Morgan fingerprint density at radius 3 is 2.68 bits per heavy atom. The quantitative estimate of drug-likeness (QED) is 0.410. The zero-order valence-electron chi connectivity index (χ0n) is 11.9. The maximum atomic E-state index is 11.5. The van der Waals surface area contributed by atoms with Crippen molar-refractivity contribution in [3.05, 3.63) is 21.9 Å². The van der Waals surface area contributed by atoms with Crippen molar-refractivity contribution in [1.82, 2.24) is 5.43 Å². The van der Waals surface area contributed by atoms with Gasteiger partial charge in [0.2, 0.25) is 5.91 Å². The van der Waals surface area contributed by atoms with Crippen LogP contribution in [0.5, 0.6) is 0 Å². The molecule has 1 N–H and O–H groups in total. The average Bonchev–Trinajstić information content (AvgIpc) is 2.79. The second-order valence-electron chi connectivity index (χ2n) is 4.76. The maximum Gasteiger partial charge on any atom is 0.240 e. The Morgan fingerprint density at radius 2 is 2.00 bits per heavy atom. The molecule has 106 valence electrons. The summed E-state index contributed by atoms with van der Waals surface area (Å²) in [6, 6.07) is 4.05. The Hall–Kier alpha value is -1.16. The van der Waals surface area contributed by atoms with Gasteiger partial charge in [-0.1, -0.05) is 39.0 Å². The van der Waals surface area contributed by atoms with Crippen LogP contribution in [0.2, 0.25) is 0 Å². The molecule has 1 rings (SSSR count). The van der Waals surface area contributed by atoms with Crippen LogP contribution < -0.4 is 5.43 Å². The van der Waals surface area contributed by atoms with Crippen molar-refractivity contribution < 1.29 is 4.79 Å². The SMILES string of the molecule is CCCCCCCCC(=O)NN=Cc1ccc(C)s1. The van der Waals surface area contributed by atoms with Crippen molar-refractivity contribution in [2.45, 2.75) is 58.8 Å². The normalized spacial score (nSPS) is 11.1. The van der Waals surface area contributed by atoms with E-state index in [1.807, 2.05) is 12.1 Å². The van der Waals surface area contributed by atoms with Gasteiger partial charge in [0.1, 0.15) is 0 Å². The lowest BCUT2D eigenvalue weighted by molar-refractivity contribution is -0.121. The topological polar surface area (TPSA) is 41.5 Å². The molecule has 1 amide bonds. The standard InChI is InChI=1S/C15H24N2OS/c1-3-4-5-6-7-8-9-15(18)17-16-12-14-11-10-13(2)19-14/h10-12H,3-9H2,1-2H3,(H,17,18). The zero-order chi connectivity index (χ0) is 13.9. The molecule has 0 spiro atoms. The van der Waals surface area contributed by atoms with Gasteiger partial charge in [-0.25, -0.2) is 5.43 Å². The summed E-state index contributed by atoms with van der Waals surface area (Å²) < 4.78 is 0. The van der Waals surface area contributed by atoms with Crippen LogP contribution in [0.1, 0.15) is 61.6 Å². The van der Waals surface area contributed by atoms with E-state index in [-0.39, 0.29) is 5.91 Å². The molecule has 1 heterocycles. The number of aryl methyl sites for hydroxylation is 1. The minimum atomic E-state index is 0.0139. The van der Waals surface area contributed by atoms with Crippen LogP contribution >= 0.6 is 11.3 Å². The van der Waals surface area contributed by atoms with Crippen molar-refractivity contribution in [2.24, 2.45) is 5.10 Å². The number of carbonyl (C=O) groups excluding carboxylic acids is 1. The largest absolute Gasteiger partial charge is 0.273 e. The number of carbonyl (C=O) groups is 1. The minimum absolute atomic E-state index is 0.0139. The number of nitrogens with zero attached hydrogens (tertiary/aromatic N) is 1. The van der Waals surface area contributed by atoms with E-state index in [2.05, 4.69) is 24.4 Å². The highest BCUT2D eigenvalue weighted by atomic mass is 32.1. The Labute approximate surface area is 120 Å². The highest BCUT2D eigenvalue weighted by molar-refractivity contribution is 7.13. The molecule has 0 aliphatic carbocycles. The third-order valence-electron chi connectivity index (χ3n) is 2.90. The molecule has 0 aromatic carbocycles. The van der Waals surface area contributed by atoms with Crippen LogP contribution in [-0.2, 0) is 4.79 Å². The Kier molecular flexibility index (Phi) is 8.14. The summed E-state index contributed by atoms with van der Waals surface area (Å²) in [5.41, 5.74) is 2.58. The Morgan fingerprint density at radius 1 is 1.26 bits per heavy atom. The first kappa shape index (κ1) is 15.9. The fraction of sp³-hybridized carbons (Fsp3) is 0.600. The predicted molar refractivity (Wildman–Crippen MR) is 82.8 cm³/mol. The van der Waals surface area contributed by atoms with Crippen molar-refractivity contribution >= 4 is 23.5 Å². The first-order valence-electron chi connectivity index (χ1n) is 7.10. The molecule has 0 aliphatic heterocycles. The van der Waals surface area contributed by atoms with E-state index >= 15 is 0 Å². The lowest BCUT2D eigenvalue weighted by Gasteiger charge is -2.00. The highest BCUT2D eigenvalue weighted by Crippen LogP contribution is 2.12. The third-order valence-corrected chi connectivity index (χ3v) is 3.83. The van der Waals surface area contributed by atoms with Crippen LogP contribution in [0.3, 0.4) is 0 Å². The second kappa shape index (κ2) is 9.73. The molecule has 3 nitrogen and oxygen atoms in total. The van der Waals surface area contributed by atoms with Gasteiger partial charge in [0.15, 0.2) is 0 Å². The number of rotatable bonds is 9. The van der Waals surface area contributed by atoms with Gasteiger partial charge in [0, 0.05) is 16.2 Å². The maximum absolute atomic E-state index is 11.5. The van der Waals surface area contributed by atoms with Crippen LogP contribution in [0, 0.1) is 6.92 Å². The van der Waals surface area contributed by atoms with Crippen molar-refractivity contribution in [3.63, 3.8) is 0 Å². The zero-order valence-corrected chi connectivity index (χ0v) is 12.8. The number of hydrazone groups is 1. The molecule has 0 radical (unpaired) electrons. The highest BCUT2D eigenvalue weighted by Gasteiger charge is 1.99. The Bertz CT molecular complexity index is 399. The van der Waals surface area contributed by atoms with E-state index in [9.17, 15) is 4.79 Å². The van der Waals surface area contributed by atoms with E-state index in [1.54, 1.807) is 17.6 Å². The molecule has 0 saturated heterocycles. The first-order chi connectivity index (χ1) is 9.22. The summed E-state index contributed by atoms with van der Waals surface area (Å²) in [6.45, 7) is 4.26. The fourth-order valence-electron chi connectivity index (χ4n) is 1.81. The molecule has 0 fully saturated rings. The van der Waals surface area contributed by atoms with Crippen LogP contribution in [0.4, 0.5) is 0 Å². The van der Waals surface area contributed by atoms with Gasteiger partial charge in [0.25, 0.3) is 0 Å². The van der Waals surface area contributed by atoms with Crippen molar-refractivity contribution in [3.8, 4) is 0 Å². The number of unbranched alkanes of at least 4 members (excludes halogenated alkanes) is 5. The predicted octanol–water partition coefficient (Wildman–Crippen LogP) is 4.26. The van der Waals surface area contributed by atoms with Gasteiger partial charge in [-0.2, -0.15) is 5.10 Å². The lowest BCUT2D eigenvalue weighted by atomic mass is 10.1. The van der Waals surface area contributed by atoms with Crippen molar-refractivity contribution in [2.75, 3.05) is 0 Å². The van der Waals surface area contributed by atoms with Crippen molar-refractivity contribution in [1.29, 1.82) is 0 Å². The van der Waals surface area contributed by atoms with E-state index in [0.717, 1.165) is 17.7 Å². The number of hydrogen-bond acceptors (Lipinski definition) is 3. The van der Waals surface area contributed by atoms with E-state index in [1.165, 1.54) is 30.6 Å². The first-order valence-corrected chi connectivity index (χ1v) is 7.92. The van der Waals surface area contributed by atoms with Crippen LogP contribution in [0.25, 0.3) is 0 Å². The minimum Gasteiger partial charge on any atom is -0.273 e. The summed E-state index contributed by atoms with van der Waals surface area (Å²) in [5.74, 6) is 0.0139. The van der Waals surface area contributed by atoms with Gasteiger partial charge in [-0.05, 0) is 25.5 Å². The molecule has 4 heteroatoms. The van der Waals surface area contributed by atoms with Crippen LogP contribution in [0.15, 0.2) is 17.2 Å². The third kappa shape index (κ3) is 7.78. The van der Waals surface area contributed by atoms with Gasteiger partial charge < -0.3 is 0 Å². The summed E-state index contributed by atoms with van der Waals surface area (Å²) in [5, 5.41) is 3.97. The summed E-state index contributed by atoms with van der Waals surface area (Å²) in [6.07, 6.45) is 9.47. The molecule has 0 bridgehead atoms. The molecule has 19 heavy (non-hydrogen) atoms. The number of thiophene rings is 1.